The Labute approximate surface area is 121 Å². The summed E-state index contributed by atoms with van der Waals surface area (Å²) in [6.07, 6.45) is 1.06. The molecule has 0 radical (unpaired) electrons. The van der Waals surface area contributed by atoms with Crippen molar-refractivity contribution in [1.82, 2.24) is 0 Å². The van der Waals surface area contributed by atoms with Crippen molar-refractivity contribution >= 4 is 17.3 Å². The van der Waals surface area contributed by atoms with E-state index >= 15 is 0 Å². The third kappa shape index (κ3) is 3.77. The molecule has 0 aliphatic heterocycles. The highest BCUT2D eigenvalue weighted by atomic mass is 16.6. The van der Waals surface area contributed by atoms with Gasteiger partial charge in [0.1, 0.15) is 0 Å². The van der Waals surface area contributed by atoms with Crippen LogP contribution < -0.4 is 11.1 Å². The Morgan fingerprint density at radius 3 is 2.43 bits per heavy atom. The number of aliphatic hydroxyl groups excluding tert-OH is 1. The summed E-state index contributed by atoms with van der Waals surface area (Å²) in [5, 5.41) is 12.0. The van der Waals surface area contributed by atoms with Crippen LogP contribution in [0, 0.1) is 0 Å². The van der Waals surface area contributed by atoms with Gasteiger partial charge in [0.05, 0.1) is 5.70 Å². The third-order valence-corrected chi connectivity index (χ3v) is 2.81. The Morgan fingerprint density at radius 1 is 1.19 bits per heavy atom. The van der Waals surface area contributed by atoms with Crippen LogP contribution in [0.4, 0.5) is 5.69 Å². The first-order chi connectivity index (χ1) is 9.99. The van der Waals surface area contributed by atoms with Gasteiger partial charge in [0.15, 0.2) is 12.0 Å². The standard InChI is InChI=1S/C15H16N2O4/c1-9(18)21-15-7-13(19)12(6-14(15)20)17-11-4-2-10(8-16)3-5-11/h2-7,9,17-18H,8,16H2,1H3. The van der Waals surface area contributed by atoms with Crippen molar-refractivity contribution in [3.8, 4) is 0 Å². The SMILES string of the molecule is CC(O)OC1=CC(=O)C(Nc2ccc(CN)cc2)=CC1=O. The van der Waals surface area contributed by atoms with Crippen LogP contribution in [-0.4, -0.2) is 23.0 Å². The normalized spacial score (nSPS) is 16.1. The van der Waals surface area contributed by atoms with Crippen LogP contribution in [0.1, 0.15) is 12.5 Å². The van der Waals surface area contributed by atoms with Crippen LogP contribution in [-0.2, 0) is 20.9 Å². The van der Waals surface area contributed by atoms with Crippen molar-refractivity contribution in [3.05, 3.63) is 53.4 Å². The number of carbonyl (C=O) groups excluding carboxylic acids is 2. The molecule has 1 unspecified atom stereocenters. The summed E-state index contributed by atoms with van der Waals surface area (Å²) < 4.78 is 4.86. The highest BCUT2D eigenvalue weighted by molar-refractivity contribution is 6.20. The number of hydrogen-bond donors (Lipinski definition) is 3. The first-order valence-electron chi connectivity index (χ1n) is 6.42. The second kappa shape index (κ2) is 6.34. The molecule has 21 heavy (non-hydrogen) atoms. The lowest BCUT2D eigenvalue weighted by Crippen LogP contribution is -2.21. The van der Waals surface area contributed by atoms with Crippen LogP contribution in [0.25, 0.3) is 0 Å². The van der Waals surface area contributed by atoms with Crippen LogP contribution >= 0.6 is 0 Å². The molecule has 0 aromatic heterocycles. The molecule has 1 atom stereocenters. The van der Waals surface area contributed by atoms with Gasteiger partial charge in [-0.3, -0.25) is 9.59 Å². The summed E-state index contributed by atoms with van der Waals surface area (Å²) in [6, 6.07) is 7.20. The maximum Gasteiger partial charge on any atom is 0.222 e. The predicted octanol–water partition coefficient (Wildman–Crippen LogP) is 0.832. The highest BCUT2D eigenvalue weighted by Crippen LogP contribution is 2.17. The number of carbonyl (C=O) groups is 2. The summed E-state index contributed by atoms with van der Waals surface area (Å²) in [4.78, 5) is 23.7. The number of allylic oxidation sites excluding steroid dienone is 2. The Hall–Kier alpha value is -2.44. The van der Waals surface area contributed by atoms with Crippen LogP contribution in [0.5, 0.6) is 0 Å². The molecule has 1 aliphatic rings. The lowest BCUT2D eigenvalue weighted by atomic mass is 10.1. The molecule has 0 bridgehead atoms. The second-order valence-electron chi connectivity index (χ2n) is 4.54. The molecule has 1 aromatic rings. The van der Waals surface area contributed by atoms with Gasteiger partial charge in [-0.15, -0.1) is 0 Å². The van der Waals surface area contributed by atoms with E-state index in [9.17, 15) is 9.59 Å². The van der Waals surface area contributed by atoms with E-state index in [1.807, 2.05) is 12.1 Å². The lowest BCUT2D eigenvalue weighted by molar-refractivity contribution is -0.123. The van der Waals surface area contributed by atoms with E-state index in [1.54, 1.807) is 12.1 Å². The van der Waals surface area contributed by atoms with E-state index in [0.717, 1.165) is 17.7 Å². The Kier molecular flexibility index (Phi) is 4.52. The Balaban J connectivity index is 2.11. The average Bonchev–Trinajstić information content (AvgIpc) is 2.44. The number of nitrogens with one attached hydrogen (secondary N) is 1. The first-order valence-corrected chi connectivity index (χ1v) is 6.42. The van der Waals surface area contributed by atoms with Gasteiger partial charge < -0.3 is 20.9 Å². The van der Waals surface area contributed by atoms with Gasteiger partial charge in [0.25, 0.3) is 0 Å². The minimum absolute atomic E-state index is 0.151. The second-order valence-corrected chi connectivity index (χ2v) is 4.54. The fraction of sp³-hybridized carbons (Fsp3) is 0.200. The molecule has 0 saturated carbocycles. The molecule has 0 fully saturated rings. The largest absolute Gasteiger partial charge is 0.461 e. The van der Waals surface area contributed by atoms with Crippen molar-refractivity contribution in [1.29, 1.82) is 0 Å². The summed E-state index contributed by atoms with van der Waals surface area (Å²) in [5.74, 6) is -1.04. The van der Waals surface area contributed by atoms with Crippen LogP contribution in [0.3, 0.4) is 0 Å². The number of benzene rings is 1. The van der Waals surface area contributed by atoms with Gasteiger partial charge in [-0.1, -0.05) is 12.1 Å². The molecule has 0 saturated heterocycles. The molecule has 6 heteroatoms. The van der Waals surface area contributed by atoms with Crippen molar-refractivity contribution in [2.45, 2.75) is 19.8 Å². The average molecular weight is 288 g/mol. The summed E-state index contributed by atoms with van der Waals surface area (Å²) in [7, 11) is 0. The molecule has 110 valence electrons. The summed E-state index contributed by atoms with van der Waals surface area (Å²) in [6.45, 7) is 1.79. The van der Waals surface area contributed by atoms with Crippen molar-refractivity contribution in [2.24, 2.45) is 5.73 Å². The van der Waals surface area contributed by atoms with E-state index in [4.69, 9.17) is 15.6 Å². The number of ketones is 2. The topological polar surface area (TPSA) is 102 Å². The molecule has 6 nitrogen and oxygen atoms in total. The molecule has 4 N–H and O–H groups in total. The number of nitrogens with two attached hydrogens (primary N) is 1. The van der Waals surface area contributed by atoms with Crippen LogP contribution in [0.2, 0.25) is 0 Å². The van der Waals surface area contributed by atoms with Gasteiger partial charge in [0, 0.05) is 24.4 Å². The highest BCUT2D eigenvalue weighted by Gasteiger charge is 2.22. The Morgan fingerprint density at radius 2 is 1.86 bits per heavy atom. The van der Waals surface area contributed by atoms with Crippen molar-refractivity contribution < 1.29 is 19.4 Å². The number of hydrogen-bond acceptors (Lipinski definition) is 6. The monoisotopic (exact) mass is 288 g/mol. The predicted molar refractivity (Wildman–Crippen MR) is 76.9 cm³/mol. The van der Waals surface area contributed by atoms with Gasteiger partial charge in [-0.05, 0) is 24.6 Å². The summed E-state index contributed by atoms with van der Waals surface area (Å²) >= 11 is 0. The first kappa shape index (κ1) is 15.0. The molecule has 1 aromatic carbocycles. The maximum absolute atomic E-state index is 11.9. The van der Waals surface area contributed by atoms with Gasteiger partial charge in [-0.25, -0.2) is 0 Å². The van der Waals surface area contributed by atoms with Crippen molar-refractivity contribution in [3.63, 3.8) is 0 Å². The molecule has 0 spiro atoms. The van der Waals surface area contributed by atoms with E-state index in [0.29, 0.717) is 12.2 Å². The Bertz CT molecular complexity index is 615. The summed E-state index contributed by atoms with van der Waals surface area (Å²) in [5.41, 5.74) is 7.30. The smallest absolute Gasteiger partial charge is 0.222 e. The van der Waals surface area contributed by atoms with E-state index < -0.39 is 17.9 Å². The molecule has 2 rings (SSSR count). The third-order valence-electron chi connectivity index (χ3n) is 2.81. The number of aliphatic hydroxyl groups is 1. The minimum Gasteiger partial charge on any atom is -0.461 e. The fourth-order valence-corrected chi connectivity index (χ4v) is 1.79. The maximum atomic E-state index is 11.9. The molecule has 0 heterocycles. The fourth-order valence-electron chi connectivity index (χ4n) is 1.79. The number of anilines is 1. The quantitative estimate of drug-likeness (QED) is 0.548. The number of rotatable bonds is 5. The van der Waals surface area contributed by atoms with E-state index in [2.05, 4.69) is 5.32 Å². The van der Waals surface area contributed by atoms with Gasteiger partial charge in [-0.2, -0.15) is 0 Å². The minimum atomic E-state index is -1.15. The number of ether oxygens (including phenoxy) is 1. The van der Waals surface area contributed by atoms with E-state index in [-0.39, 0.29) is 11.5 Å². The van der Waals surface area contributed by atoms with Crippen LogP contribution in [0.15, 0.2) is 47.9 Å². The van der Waals surface area contributed by atoms with E-state index in [1.165, 1.54) is 6.92 Å². The zero-order chi connectivity index (χ0) is 15.4. The van der Waals surface area contributed by atoms with Crippen molar-refractivity contribution in [2.75, 3.05) is 5.32 Å². The molecule has 0 amide bonds. The molecular weight excluding hydrogens is 272 g/mol. The van der Waals surface area contributed by atoms with Gasteiger partial charge >= 0.3 is 0 Å². The molecule has 1 aliphatic carbocycles. The zero-order valence-electron chi connectivity index (χ0n) is 11.5. The zero-order valence-corrected chi connectivity index (χ0v) is 11.5. The lowest BCUT2D eigenvalue weighted by Gasteiger charge is -2.16. The molecular formula is C15H16N2O4. The van der Waals surface area contributed by atoms with Gasteiger partial charge in [0.2, 0.25) is 11.6 Å².